The second-order valence-corrected chi connectivity index (χ2v) is 6.70. The second-order valence-electron chi connectivity index (χ2n) is 5.84. The number of amides is 1. The van der Waals surface area contributed by atoms with E-state index in [4.69, 9.17) is 25.4 Å². The van der Waals surface area contributed by atoms with Gasteiger partial charge in [0.05, 0.1) is 19.1 Å². The van der Waals surface area contributed by atoms with Gasteiger partial charge in [-0.25, -0.2) is 4.79 Å². The van der Waals surface area contributed by atoms with Gasteiger partial charge in [-0.05, 0) is 0 Å². The van der Waals surface area contributed by atoms with Gasteiger partial charge in [0, 0.05) is 5.75 Å². The van der Waals surface area contributed by atoms with E-state index >= 15 is 0 Å². The molecular weight excluding hydrogens is 404 g/mol. The van der Waals surface area contributed by atoms with Crippen LogP contribution in [0.25, 0.3) is 0 Å². The molecule has 1 aliphatic rings. The molecule has 0 unspecified atom stereocenters. The smallest absolute Gasteiger partial charge is 0.333 e. The van der Waals surface area contributed by atoms with Crippen LogP contribution in [0.4, 0.5) is 0 Å². The third kappa shape index (κ3) is 6.66. The molecule has 1 rings (SSSR count). The molecule has 1 aliphatic heterocycles. The minimum absolute atomic E-state index is 0.0941. The van der Waals surface area contributed by atoms with E-state index in [-0.39, 0.29) is 5.75 Å². The van der Waals surface area contributed by atoms with Crippen LogP contribution < -0.4 is 11.1 Å². The number of nitrogens with one attached hydrogen (secondary N) is 1. The molecule has 8 N–H and O–H groups in total. The highest BCUT2D eigenvalue weighted by molar-refractivity contribution is 8.11. The van der Waals surface area contributed by atoms with Gasteiger partial charge in [0.2, 0.25) is 5.91 Å². The topological polar surface area (TPSA) is 226 Å². The molecule has 0 aromatic carbocycles. The summed E-state index contributed by atoms with van der Waals surface area (Å²) >= 11 is 0.717. The van der Waals surface area contributed by atoms with Crippen molar-refractivity contribution in [1.82, 2.24) is 5.32 Å². The number of rotatable bonds is 11. The first kappa shape index (κ1) is 24.2. The van der Waals surface area contributed by atoms with Gasteiger partial charge >= 0.3 is 11.9 Å². The third-order valence-electron chi connectivity index (χ3n) is 3.80. The highest BCUT2D eigenvalue weighted by Gasteiger charge is 2.47. The van der Waals surface area contributed by atoms with E-state index in [1.807, 2.05) is 0 Å². The third-order valence-corrected chi connectivity index (χ3v) is 4.49. The summed E-state index contributed by atoms with van der Waals surface area (Å²) in [6, 6.07) is -2.72. The van der Waals surface area contributed by atoms with E-state index in [2.05, 4.69) is 5.32 Å². The van der Waals surface area contributed by atoms with E-state index in [1.54, 1.807) is 0 Å². The van der Waals surface area contributed by atoms with Gasteiger partial charge in [0.15, 0.2) is 18.0 Å². The van der Waals surface area contributed by atoms with E-state index in [1.165, 1.54) is 0 Å². The van der Waals surface area contributed by atoms with Crippen LogP contribution in [0.3, 0.4) is 0 Å². The number of hydrogen-bond acceptors (Lipinski definition) is 11. The lowest BCUT2D eigenvalue weighted by Crippen LogP contribution is -2.66. The van der Waals surface area contributed by atoms with E-state index in [9.17, 15) is 34.5 Å². The van der Waals surface area contributed by atoms with Crippen LogP contribution >= 0.6 is 11.8 Å². The molecule has 0 aromatic rings. The van der Waals surface area contributed by atoms with Crippen LogP contribution in [0.5, 0.6) is 0 Å². The van der Waals surface area contributed by atoms with Gasteiger partial charge < -0.3 is 46.1 Å². The Morgan fingerprint density at radius 2 is 1.89 bits per heavy atom. The number of carboxylic acids is 2. The predicted octanol–water partition coefficient (Wildman–Crippen LogP) is -3.89. The van der Waals surface area contributed by atoms with Crippen molar-refractivity contribution in [2.24, 2.45) is 5.73 Å². The molecule has 1 amide bonds. The number of hydrogen-bond donors (Lipinski definition) is 7. The maximum absolute atomic E-state index is 12.1. The van der Waals surface area contributed by atoms with E-state index < -0.39 is 73.7 Å². The van der Waals surface area contributed by atoms with Crippen molar-refractivity contribution < 1.29 is 54.2 Å². The van der Waals surface area contributed by atoms with Crippen molar-refractivity contribution in [3.63, 3.8) is 0 Å². The molecule has 13 nitrogen and oxygen atoms in total. The summed E-state index contributed by atoms with van der Waals surface area (Å²) in [5.74, 6) is -4.09. The van der Waals surface area contributed by atoms with Crippen LogP contribution in [0.15, 0.2) is 0 Å². The van der Waals surface area contributed by atoms with Crippen molar-refractivity contribution in [2.75, 3.05) is 12.4 Å². The number of carbonyl (C=O) groups is 4. The minimum Gasteiger partial charge on any atom is -0.481 e. The highest BCUT2D eigenvalue weighted by atomic mass is 32.2. The molecular formula is C14H22N2O11S. The number of aliphatic hydroxyl groups is 3. The molecule has 0 spiro atoms. The zero-order chi connectivity index (χ0) is 21.4. The molecule has 0 bridgehead atoms. The molecule has 0 aromatic heterocycles. The number of ether oxygens (including phenoxy) is 2. The predicted molar refractivity (Wildman–Crippen MR) is 91.6 cm³/mol. The van der Waals surface area contributed by atoms with Crippen molar-refractivity contribution in [2.45, 2.75) is 49.2 Å². The Hall–Kier alpha value is -1.81. The van der Waals surface area contributed by atoms with E-state index in [0.717, 1.165) is 11.8 Å². The molecule has 7 atom stereocenters. The molecule has 28 heavy (non-hydrogen) atoms. The molecule has 14 heteroatoms. The monoisotopic (exact) mass is 426 g/mol. The first-order valence-electron chi connectivity index (χ1n) is 7.96. The van der Waals surface area contributed by atoms with Crippen LogP contribution in [0, 0.1) is 0 Å². The van der Waals surface area contributed by atoms with Gasteiger partial charge in [-0.15, -0.1) is 0 Å². The Balaban J connectivity index is 3.01. The fourth-order valence-electron chi connectivity index (χ4n) is 2.36. The molecule has 1 heterocycles. The standard InChI is InChI=1S/C14H22N2O11S/c15-5(3-28-4-18)12(23)16-9-11(22)10(21)7(2-17)27-14(9)26-6(13(24)25)1-8(19)20/h4-7,9-11,14,17,21-22H,1-3,15H2,(H,16,23)(H,19,20)(H,24,25)/t5-,6-,7+,9+,10+,11+,14-/m0/s1. The number of thioether (sulfide) groups is 1. The molecule has 1 saturated heterocycles. The summed E-state index contributed by atoms with van der Waals surface area (Å²) in [7, 11) is 0. The van der Waals surface area contributed by atoms with Crippen LogP contribution in [-0.2, 0) is 28.7 Å². The van der Waals surface area contributed by atoms with Gasteiger partial charge in [-0.1, -0.05) is 11.8 Å². The molecule has 160 valence electrons. The number of carboxylic acid groups (broad SMARTS) is 2. The Labute approximate surface area is 162 Å². The molecule has 0 radical (unpaired) electrons. The number of aliphatic carboxylic acids is 2. The largest absolute Gasteiger partial charge is 0.481 e. The second kappa shape index (κ2) is 11.3. The lowest BCUT2D eigenvalue weighted by atomic mass is 9.96. The first-order valence-corrected chi connectivity index (χ1v) is 9.00. The van der Waals surface area contributed by atoms with Crippen molar-refractivity contribution in [3.8, 4) is 0 Å². The first-order chi connectivity index (χ1) is 13.1. The maximum Gasteiger partial charge on any atom is 0.333 e. The molecule has 1 fully saturated rings. The number of nitrogens with two attached hydrogens (primary N) is 1. The van der Waals surface area contributed by atoms with Crippen molar-refractivity contribution in [3.05, 3.63) is 0 Å². The zero-order valence-electron chi connectivity index (χ0n) is 14.4. The Bertz CT molecular complexity index is 577. The summed E-state index contributed by atoms with van der Waals surface area (Å²) in [5.41, 5.74) is 6.05. The minimum atomic E-state index is -1.90. The molecule has 0 aliphatic carbocycles. The average Bonchev–Trinajstić information content (AvgIpc) is 2.63. The van der Waals surface area contributed by atoms with Crippen LogP contribution in [0.1, 0.15) is 6.42 Å². The lowest BCUT2D eigenvalue weighted by molar-refractivity contribution is -0.281. The Morgan fingerprint density at radius 1 is 1.25 bits per heavy atom. The van der Waals surface area contributed by atoms with Crippen LogP contribution in [0.2, 0.25) is 0 Å². The van der Waals surface area contributed by atoms with Crippen molar-refractivity contribution in [1.29, 1.82) is 0 Å². The van der Waals surface area contributed by atoms with Gasteiger partial charge in [-0.2, -0.15) is 0 Å². The summed E-state index contributed by atoms with van der Waals surface area (Å²) in [6.07, 6.45) is -9.38. The fraction of sp³-hybridized carbons (Fsp3) is 0.714. The molecule has 0 saturated carbocycles. The van der Waals surface area contributed by atoms with Crippen LogP contribution in [-0.4, -0.2) is 104 Å². The van der Waals surface area contributed by atoms with E-state index in [0.29, 0.717) is 5.62 Å². The zero-order valence-corrected chi connectivity index (χ0v) is 15.2. The fourth-order valence-corrected chi connectivity index (χ4v) is 2.79. The Kier molecular flexibility index (Phi) is 9.74. The summed E-state index contributed by atoms with van der Waals surface area (Å²) in [4.78, 5) is 44.5. The van der Waals surface area contributed by atoms with Gasteiger partial charge in [0.1, 0.15) is 24.4 Å². The summed E-state index contributed by atoms with van der Waals surface area (Å²) in [6.45, 7) is -0.773. The quantitative estimate of drug-likeness (QED) is 0.157. The summed E-state index contributed by atoms with van der Waals surface area (Å²) in [5, 5.41) is 49.6. The number of aliphatic hydroxyl groups excluding tert-OH is 3. The van der Waals surface area contributed by atoms with Crippen molar-refractivity contribution >= 4 is 35.2 Å². The lowest BCUT2D eigenvalue weighted by Gasteiger charge is -2.43. The highest BCUT2D eigenvalue weighted by Crippen LogP contribution is 2.24. The Morgan fingerprint density at radius 3 is 2.39 bits per heavy atom. The van der Waals surface area contributed by atoms with Gasteiger partial charge in [-0.3, -0.25) is 14.4 Å². The average molecular weight is 426 g/mol. The number of carbonyl (C=O) groups excluding carboxylic acids is 2. The normalized spacial score (nSPS) is 29.5. The SMILES string of the molecule is N[C@@H](CSC=O)C(=O)N[C@H]1[C@@H](O[C@@H](CC(=O)O)C(=O)O)O[C@H](CO)[C@@H](O)[C@@H]1O. The summed E-state index contributed by atoms with van der Waals surface area (Å²) < 4.78 is 10.3. The maximum atomic E-state index is 12.1. The van der Waals surface area contributed by atoms with Gasteiger partial charge in [0.25, 0.3) is 0 Å².